The highest BCUT2D eigenvalue weighted by atomic mass is 32.2. The molecule has 45 heavy (non-hydrogen) atoms. The summed E-state index contributed by atoms with van der Waals surface area (Å²) in [6.45, 7) is 0.0392. The third kappa shape index (κ3) is 5.57. The first-order chi connectivity index (χ1) is 21.5. The van der Waals surface area contributed by atoms with Crippen LogP contribution < -0.4 is 11.1 Å². The number of para-hydroxylation sites is 1. The number of hydrogen-bond donors (Lipinski definition) is 4. The van der Waals surface area contributed by atoms with Gasteiger partial charge in [0.2, 0.25) is 14.7 Å². The number of nitrogens with one attached hydrogen (secondary N) is 2. The number of ether oxygens (including phenoxy) is 1. The zero-order chi connectivity index (χ0) is 32.4. The Bertz CT molecular complexity index is 2080. The Labute approximate surface area is 257 Å². The van der Waals surface area contributed by atoms with Crippen LogP contribution in [0.25, 0.3) is 21.7 Å². The van der Waals surface area contributed by atoms with E-state index in [9.17, 15) is 27.9 Å². The fourth-order valence-corrected chi connectivity index (χ4v) is 6.65. The fraction of sp³-hybridized carbons (Fsp3) is 0.0938. The van der Waals surface area contributed by atoms with Crippen LogP contribution in [0.3, 0.4) is 0 Å². The maximum Gasteiger partial charge on any atom is 0.411 e. The molecule has 228 valence electrons. The summed E-state index contributed by atoms with van der Waals surface area (Å²) >= 11 is 0. The topological polar surface area (TPSA) is 193 Å². The number of nitrogens with zero attached hydrogens (tertiary/aromatic N) is 2. The van der Waals surface area contributed by atoms with Crippen molar-refractivity contribution in [3.63, 3.8) is 0 Å². The summed E-state index contributed by atoms with van der Waals surface area (Å²) in [6.07, 6.45) is 1.66. The number of benzene rings is 4. The van der Waals surface area contributed by atoms with E-state index in [-0.39, 0.29) is 28.1 Å². The van der Waals surface area contributed by atoms with E-state index in [1.165, 1.54) is 48.5 Å². The summed E-state index contributed by atoms with van der Waals surface area (Å²) in [4.78, 5) is 39.8. The summed E-state index contributed by atoms with van der Waals surface area (Å²) in [5, 5.41) is 21.9. The van der Waals surface area contributed by atoms with Crippen molar-refractivity contribution in [2.75, 3.05) is 12.4 Å². The van der Waals surface area contributed by atoms with E-state index < -0.39 is 32.7 Å². The van der Waals surface area contributed by atoms with Crippen molar-refractivity contribution >= 4 is 61.5 Å². The van der Waals surface area contributed by atoms with Crippen LogP contribution in [0, 0.1) is 5.41 Å². The first-order valence-electron chi connectivity index (χ1n) is 13.4. The van der Waals surface area contributed by atoms with Gasteiger partial charge in [-0.3, -0.25) is 31.1 Å². The van der Waals surface area contributed by atoms with Crippen LogP contribution in [-0.2, 0) is 30.8 Å². The molecule has 0 aliphatic heterocycles. The Hall–Kier alpha value is -5.66. The second kappa shape index (κ2) is 12.1. The quantitative estimate of drug-likeness (QED) is 0.135. The number of carboxylic acid groups (broad SMARTS) is 1. The second-order valence-corrected chi connectivity index (χ2v) is 12.1. The van der Waals surface area contributed by atoms with Crippen LogP contribution in [0.15, 0.2) is 102 Å². The number of carbonyl (C=O) groups is 3. The molecule has 5 aromatic rings. The van der Waals surface area contributed by atoms with Gasteiger partial charge in [0.25, 0.3) is 5.91 Å². The predicted octanol–water partition coefficient (Wildman–Crippen LogP) is 4.49. The van der Waals surface area contributed by atoms with Gasteiger partial charge in [-0.15, -0.1) is 0 Å². The highest BCUT2D eigenvalue weighted by Gasteiger charge is 2.51. The zero-order valence-corrected chi connectivity index (χ0v) is 24.6. The molecular formula is C32H27N5O7S. The average molecular weight is 626 g/mol. The summed E-state index contributed by atoms with van der Waals surface area (Å²) in [6, 6.07) is 23.1. The zero-order valence-electron chi connectivity index (χ0n) is 23.8. The predicted molar refractivity (Wildman–Crippen MR) is 168 cm³/mol. The number of methoxy groups -OCH3 is 1. The van der Waals surface area contributed by atoms with Crippen molar-refractivity contribution in [2.24, 2.45) is 5.73 Å². The van der Waals surface area contributed by atoms with Crippen LogP contribution in [0.1, 0.15) is 21.5 Å². The molecule has 1 unspecified atom stereocenters. The lowest BCUT2D eigenvalue weighted by molar-refractivity contribution is -0.140. The molecule has 0 saturated carbocycles. The van der Waals surface area contributed by atoms with Crippen molar-refractivity contribution in [3.8, 4) is 0 Å². The highest BCUT2D eigenvalue weighted by molar-refractivity contribution is 7.93. The summed E-state index contributed by atoms with van der Waals surface area (Å²) in [5.41, 5.74) is 7.53. The van der Waals surface area contributed by atoms with Gasteiger partial charge in [0.05, 0.1) is 30.4 Å². The first-order valence-corrected chi connectivity index (χ1v) is 14.9. The number of aromatic nitrogens is 1. The minimum Gasteiger partial charge on any atom is -0.479 e. The van der Waals surface area contributed by atoms with Crippen LogP contribution in [0.5, 0.6) is 0 Å². The molecule has 0 spiro atoms. The molecule has 0 saturated heterocycles. The summed E-state index contributed by atoms with van der Waals surface area (Å²) in [5.74, 6) is -2.31. The number of sulfone groups is 1. The second-order valence-electron chi connectivity index (χ2n) is 9.99. The standard InChI is InChI=1S/C32H27N5O7S/c1-44-31(41)36-24-13-10-20(11-14-24)18-37(19-33)29(38)26-8-2-6-22-17-23(12-15-25(22)26)32(34,30(39)40)45(42,43)27-9-3-5-21-7-4-16-35-28(21)27/h2-17,19,33H,18,34H2,1H3,(H,36,41)(H,39,40). The van der Waals surface area contributed by atoms with Gasteiger partial charge in [-0.25, -0.2) is 18.0 Å². The Morgan fingerprint density at radius 2 is 1.69 bits per heavy atom. The summed E-state index contributed by atoms with van der Waals surface area (Å²) < 4.78 is 32.5. The number of amides is 2. The van der Waals surface area contributed by atoms with Gasteiger partial charge in [-0.1, -0.05) is 54.6 Å². The fourth-order valence-electron chi connectivity index (χ4n) is 4.95. The normalized spacial score (nSPS) is 12.7. The lowest BCUT2D eigenvalue weighted by Crippen LogP contribution is -2.51. The van der Waals surface area contributed by atoms with Gasteiger partial charge in [0, 0.05) is 22.8 Å². The largest absolute Gasteiger partial charge is 0.479 e. The van der Waals surface area contributed by atoms with Crippen LogP contribution in [-0.4, -0.2) is 54.8 Å². The first kappa shape index (κ1) is 30.8. The maximum atomic E-state index is 14.0. The third-order valence-electron chi connectivity index (χ3n) is 7.32. The van der Waals surface area contributed by atoms with Gasteiger partial charge in [-0.05, 0) is 58.3 Å². The Morgan fingerprint density at radius 1 is 1.00 bits per heavy atom. The molecule has 4 aromatic carbocycles. The minimum absolute atomic E-state index is 0.0392. The molecule has 1 atom stereocenters. The Kier molecular flexibility index (Phi) is 8.31. The molecule has 1 aromatic heterocycles. The van der Waals surface area contributed by atoms with E-state index in [1.807, 2.05) is 0 Å². The van der Waals surface area contributed by atoms with E-state index in [2.05, 4.69) is 15.0 Å². The van der Waals surface area contributed by atoms with Crippen molar-refractivity contribution in [1.29, 1.82) is 5.41 Å². The minimum atomic E-state index is -4.76. The number of aliphatic carboxylic acids is 1. The molecule has 0 fully saturated rings. The third-order valence-corrected chi connectivity index (χ3v) is 9.49. The van der Waals surface area contributed by atoms with Crippen LogP contribution in [0.4, 0.5) is 10.5 Å². The Morgan fingerprint density at radius 3 is 2.38 bits per heavy atom. The van der Waals surface area contributed by atoms with Crippen molar-refractivity contribution in [3.05, 3.63) is 114 Å². The number of carbonyl (C=O) groups excluding carboxylic acids is 2. The molecule has 0 aliphatic rings. The number of fused-ring (bicyclic) bond motifs is 2. The lowest BCUT2D eigenvalue weighted by Gasteiger charge is -2.26. The molecule has 13 heteroatoms. The smallest absolute Gasteiger partial charge is 0.411 e. The molecular weight excluding hydrogens is 598 g/mol. The SMILES string of the molecule is COC(=O)Nc1ccc(CN(C=N)C(=O)c2cccc3cc(C(N)(C(=O)O)S(=O)(=O)c4cccc5cccnc45)ccc23)cc1. The molecule has 5 N–H and O–H groups in total. The van der Waals surface area contributed by atoms with Gasteiger partial charge >= 0.3 is 12.1 Å². The lowest BCUT2D eigenvalue weighted by atomic mass is 9.98. The molecule has 0 bridgehead atoms. The number of hydrogen-bond acceptors (Lipinski definition) is 9. The van der Waals surface area contributed by atoms with E-state index in [4.69, 9.17) is 11.1 Å². The van der Waals surface area contributed by atoms with Gasteiger partial charge in [-0.2, -0.15) is 0 Å². The average Bonchev–Trinajstić information content (AvgIpc) is 3.06. The monoisotopic (exact) mass is 625 g/mol. The van der Waals surface area contributed by atoms with Crippen LogP contribution in [0.2, 0.25) is 0 Å². The van der Waals surface area contributed by atoms with E-state index in [1.54, 1.807) is 60.7 Å². The van der Waals surface area contributed by atoms with E-state index in [0.717, 1.165) is 6.34 Å². The summed E-state index contributed by atoms with van der Waals surface area (Å²) in [7, 11) is -3.51. The highest BCUT2D eigenvalue weighted by Crippen LogP contribution is 2.36. The van der Waals surface area contributed by atoms with Gasteiger partial charge in [0.1, 0.15) is 0 Å². The number of pyridine rings is 1. The maximum absolute atomic E-state index is 14.0. The molecule has 1 heterocycles. The molecule has 12 nitrogen and oxygen atoms in total. The van der Waals surface area contributed by atoms with Gasteiger partial charge in [0.15, 0.2) is 0 Å². The van der Waals surface area contributed by atoms with E-state index >= 15 is 0 Å². The van der Waals surface area contributed by atoms with Crippen molar-refractivity contribution < 1.29 is 32.6 Å². The molecule has 2 amide bonds. The van der Waals surface area contributed by atoms with Gasteiger partial charge < -0.3 is 9.84 Å². The molecule has 0 radical (unpaired) electrons. The number of nitrogens with two attached hydrogens (primary N) is 1. The van der Waals surface area contributed by atoms with Crippen molar-refractivity contribution in [2.45, 2.75) is 16.3 Å². The Balaban J connectivity index is 1.50. The number of carboxylic acids is 1. The van der Waals surface area contributed by atoms with E-state index in [0.29, 0.717) is 27.4 Å². The number of rotatable bonds is 9. The molecule has 5 rings (SSSR count). The molecule has 0 aliphatic carbocycles. The number of anilines is 1. The van der Waals surface area contributed by atoms with Crippen LogP contribution >= 0.6 is 0 Å². The van der Waals surface area contributed by atoms with Crippen molar-refractivity contribution in [1.82, 2.24) is 9.88 Å².